The van der Waals surface area contributed by atoms with Gasteiger partial charge in [-0.1, -0.05) is 12.1 Å². The van der Waals surface area contributed by atoms with Crippen LogP contribution in [-0.2, 0) is 4.79 Å². The summed E-state index contributed by atoms with van der Waals surface area (Å²) in [4.78, 5) is 27.1. The molecular formula is C21H23N3O5. The molecule has 2 aromatic rings. The van der Waals surface area contributed by atoms with Crippen LogP contribution >= 0.6 is 0 Å². The Labute approximate surface area is 168 Å². The Kier molecular flexibility index (Phi) is 5.64. The lowest BCUT2D eigenvalue weighted by molar-refractivity contribution is -0.118. The smallest absolute Gasteiger partial charge is 0.257 e. The van der Waals surface area contributed by atoms with Gasteiger partial charge in [0.1, 0.15) is 0 Å². The molecule has 2 amide bonds. The first kappa shape index (κ1) is 19.2. The summed E-state index contributed by atoms with van der Waals surface area (Å²) >= 11 is 0. The summed E-state index contributed by atoms with van der Waals surface area (Å²) in [7, 11) is 0. The molecule has 2 aliphatic heterocycles. The highest BCUT2D eigenvalue weighted by atomic mass is 16.7. The highest BCUT2D eigenvalue weighted by Crippen LogP contribution is 2.34. The largest absolute Gasteiger partial charge is 0.454 e. The highest BCUT2D eigenvalue weighted by molar-refractivity contribution is 6.10. The van der Waals surface area contributed by atoms with E-state index in [0.29, 0.717) is 35.0 Å². The Bertz CT molecular complexity index is 917. The number of piperidine rings is 1. The van der Waals surface area contributed by atoms with Crippen molar-refractivity contribution in [3.63, 3.8) is 0 Å². The van der Waals surface area contributed by atoms with Crippen LogP contribution in [0.4, 0.5) is 11.4 Å². The molecule has 29 heavy (non-hydrogen) atoms. The zero-order valence-corrected chi connectivity index (χ0v) is 15.9. The van der Waals surface area contributed by atoms with Crippen LogP contribution in [-0.4, -0.2) is 54.4 Å². The number of hydrogen-bond acceptors (Lipinski definition) is 6. The van der Waals surface area contributed by atoms with Crippen molar-refractivity contribution in [3.05, 3.63) is 48.0 Å². The number of nitrogens with one attached hydrogen (secondary N) is 2. The molecule has 1 atom stereocenters. The topological polar surface area (TPSA) is 100 Å². The number of fused-ring (bicyclic) bond motifs is 1. The zero-order chi connectivity index (χ0) is 20.2. The maximum Gasteiger partial charge on any atom is 0.257 e. The monoisotopic (exact) mass is 397 g/mol. The van der Waals surface area contributed by atoms with Crippen molar-refractivity contribution in [1.82, 2.24) is 4.90 Å². The maximum absolute atomic E-state index is 12.8. The fourth-order valence-electron chi connectivity index (χ4n) is 3.53. The molecular weight excluding hydrogens is 374 g/mol. The molecule has 0 spiro atoms. The number of para-hydroxylation sites is 1. The minimum absolute atomic E-state index is 0.162. The summed E-state index contributed by atoms with van der Waals surface area (Å²) in [5, 5.41) is 15.4. The molecule has 2 heterocycles. The summed E-state index contributed by atoms with van der Waals surface area (Å²) in [6, 6.07) is 12.0. The second kappa shape index (κ2) is 8.50. The third-order valence-corrected chi connectivity index (χ3v) is 4.92. The SMILES string of the molecule is O=C(CN1CCC[C@@H](O)C1)Nc1ccccc1C(=O)Nc1ccc2c(c1)OCO2. The Morgan fingerprint density at radius 3 is 2.79 bits per heavy atom. The molecule has 4 rings (SSSR count). The fraction of sp³-hybridized carbons (Fsp3) is 0.333. The number of rotatable bonds is 5. The van der Waals surface area contributed by atoms with E-state index in [0.717, 1.165) is 19.4 Å². The molecule has 8 nitrogen and oxygen atoms in total. The molecule has 1 saturated heterocycles. The minimum atomic E-state index is -0.392. The van der Waals surface area contributed by atoms with Gasteiger partial charge in [0.15, 0.2) is 11.5 Å². The Morgan fingerprint density at radius 1 is 1.10 bits per heavy atom. The molecule has 3 N–H and O–H groups in total. The normalized spacial score (nSPS) is 18.3. The van der Waals surface area contributed by atoms with E-state index < -0.39 is 6.10 Å². The number of benzene rings is 2. The number of β-amino-alcohol motifs (C(OH)–C–C–N with tert-alkyl or cyclic N) is 1. The first-order valence-electron chi connectivity index (χ1n) is 9.59. The van der Waals surface area contributed by atoms with E-state index in [-0.39, 0.29) is 25.2 Å². The lowest BCUT2D eigenvalue weighted by Crippen LogP contribution is -2.42. The lowest BCUT2D eigenvalue weighted by Gasteiger charge is -2.29. The van der Waals surface area contributed by atoms with E-state index in [9.17, 15) is 14.7 Å². The van der Waals surface area contributed by atoms with Gasteiger partial charge in [0, 0.05) is 18.3 Å². The van der Waals surface area contributed by atoms with Gasteiger partial charge < -0.3 is 25.2 Å². The molecule has 8 heteroatoms. The number of likely N-dealkylation sites (tertiary alicyclic amines) is 1. The summed E-state index contributed by atoms with van der Waals surface area (Å²) in [5.74, 6) is 0.655. The number of aliphatic hydroxyl groups is 1. The van der Waals surface area contributed by atoms with E-state index in [2.05, 4.69) is 10.6 Å². The van der Waals surface area contributed by atoms with E-state index >= 15 is 0 Å². The van der Waals surface area contributed by atoms with Crippen LogP contribution in [0.25, 0.3) is 0 Å². The van der Waals surface area contributed by atoms with E-state index in [1.807, 2.05) is 4.90 Å². The van der Waals surface area contributed by atoms with Crippen LogP contribution in [0.1, 0.15) is 23.2 Å². The van der Waals surface area contributed by atoms with Gasteiger partial charge in [-0.15, -0.1) is 0 Å². The van der Waals surface area contributed by atoms with E-state index in [4.69, 9.17) is 9.47 Å². The zero-order valence-electron chi connectivity index (χ0n) is 15.9. The van der Waals surface area contributed by atoms with Crippen molar-refractivity contribution in [2.75, 3.05) is 37.1 Å². The van der Waals surface area contributed by atoms with Gasteiger partial charge in [-0.3, -0.25) is 14.5 Å². The predicted octanol–water partition coefficient (Wildman–Crippen LogP) is 2.06. The summed E-state index contributed by atoms with van der Waals surface area (Å²) in [5.41, 5.74) is 1.37. The van der Waals surface area contributed by atoms with Gasteiger partial charge >= 0.3 is 0 Å². The van der Waals surface area contributed by atoms with Crippen molar-refractivity contribution < 1.29 is 24.2 Å². The number of ether oxygens (including phenoxy) is 2. The summed E-state index contributed by atoms with van der Waals surface area (Å²) in [6.07, 6.45) is 1.24. The fourth-order valence-corrected chi connectivity index (χ4v) is 3.53. The first-order chi connectivity index (χ1) is 14.1. The van der Waals surface area contributed by atoms with Gasteiger partial charge in [-0.2, -0.15) is 0 Å². The predicted molar refractivity (Wildman–Crippen MR) is 107 cm³/mol. The number of aliphatic hydroxyl groups excluding tert-OH is 1. The number of nitrogens with zero attached hydrogens (tertiary/aromatic N) is 1. The molecule has 0 bridgehead atoms. The van der Waals surface area contributed by atoms with E-state index in [1.165, 1.54) is 0 Å². The molecule has 0 aromatic heterocycles. The second-order valence-electron chi connectivity index (χ2n) is 7.15. The van der Waals surface area contributed by atoms with Crippen LogP contribution < -0.4 is 20.1 Å². The lowest BCUT2D eigenvalue weighted by atomic mass is 10.1. The quantitative estimate of drug-likeness (QED) is 0.714. The molecule has 152 valence electrons. The van der Waals surface area contributed by atoms with Crippen LogP contribution in [0.3, 0.4) is 0 Å². The molecule has 1 fully saturated rings. The number of carbonyl (C=O) groups excluding carboxylic acids is 2. The number of anilines is 2. The van der Waals surface area contributed by atoms with Gasteiger partial charge in [-0.25, -0.2) is 0 Å². The van der Waals surface area contributed by atoms with Crippen molar-refractivity contribution >= 4 is 23.2 Å². The molecule has 0 unspecified atom stereocenters. The minimum Gasteiger partial charge on any atom is -0.454 e. The van der Waals surface area contributed by atoms with Gasteiger partial charge in [0.05, 0.1) is 23.9 Å². The van der Waals surface area contributed by atoms with Crippen LogP contribution in [0.5, 0.6) is 11.5 Å². The molecule has 0 saturated carbocycles. The first-order valence-corrected chi connectivity index (χ1v) is 9.59. The average Bonchev–Trinajstić information content (AvgIpc) is 3.16. The Hall–Kier alpha value is -3.10. The Morgan fingerprint density at radius 2 is 1.93 bits per heavy atom. The third-order valence-electron chi connectivity index (χ3n) is 4.92. The molecule has 2 aliphatic rings. The van der Waals surface area contributed by atoms with Gasteiger partial charge in [0.25, 0.3) is 5.91 Å². The summed E-state index contributed by atoms with van der Waals surface area (Å²) in [6.45, 7) is 1.60. The molecule has 0 radical (unpaired) electrons. The molecule has 0 aliphatic carbocycles. The van der Waals surface area contributed by atoms with Crippen LogP contribution in [0.2, 0.25) is 0 Å². The summed E-state index contributed by atoms with van der Waals surface area (Å²) < 4.78 is 10.6. The van der Waals surface area contributed by atoms with Gasteiger partial charge in [-0.05, 0) is 43.7 Å². The third kappa shape index (κ3) is 4.67. The maximum atomic E-state index is 12.8. The standard InChI is InChI=1S/C21H23N3O5/c25-15-4-3-9-24(11-15)12-20(26)23-17-6-2-1-5-16(17)21(27)22-14-7-8-18-19(10-14)29-13-28-18/h1-2,5-8,10,15,25H,3-4,9,11-13H2,(H,22,27)(H,23,26)/t15-/m1/s1. The van der Waals surface area contributed by atoms with Crippen molar-refractivity contribution in [3.8, 4) is 11.5 Å². The molecule has 2 aromatic carbocycles. The number of amides is 2. The van der Waals surface area contributed by atoms with Crippen molar-refractivity contribution in [1.29, 1.82) is 0 Å². The van der Waals surface area contributed by atoms with Crippen molar-refractivity contribution in [2.45, 2.75) is 18.9 Å². The van der Waals surface area contributed by atoms with Gasteiger partial charge in [0.2, 0.25) is 12.7 Å². The average molecular weight is 397 g/mol. The van der Waals surface area contributed by atoms with Crippen LogP contribution in [0.15, 0.2) is 42.5 Å². The second-order valence-corrected chi connectivity index (χ2v) is 7.15. The number of hydrogen-bond donors (Lipinski definition) is 3. The highest BCUT2D eigenvalue weighted by Gasteiger charge is 2.21. The number of carbonyl (C=O) groups is 2. The van der Waals surface area contributed by atoms with E-state index in [1.54, 1.807) is 42.5 Å². The van der Waals surface area contributed by atoms with Crippen molar-refractivity contribution in [2.24, 2.45) is 0 Å². The van der Waals surface area contributed by atoms with Crippen LogP contribution in [0, 0.1) is 0 Å². The Balaban J connectivity index is 1.42.